The molecule has 3 nitrogen and oxygen atoms in total. The molecule has 0 aliphatic carbocycles. The molecule has 1 aromatic carbocycles. The third-order valence-corrected chi connectivity index (χ3v) is 2.74. The molecule has 84 valence electrons. The normalized spacial score (nSPS) is 12.8. The standard InChI is InChI=1S/C11H10Cl2N2O/c1-15-3-2-14-11(15)10(16)7-4-8(12)6-9(13)5-7/h2-6,10,16H,1H3. The highest BCUT2D eigenvalue weighted by Gasteiger charge is 2.15. The van der Waals surface area contributed by atoms with Crippen LogP contribution < -0.4 is 0 Å². The van der Waals surface area contributed by atoms with Crippen LogP contribution in [0.25, 0.3) is 0 Å². The van der Waals surface area contributed by atoms with E-state index in [4.69, 9.17) is 23.2 Å². The Kier molecular flexibility index (Phi) is 3.19. The molecule has 2 aromatic rings. The number of aromatic nitrogens is 2. The largest absolute Gasteiger partial charge is 0.380 e. The summed E-state index contributed by atoms with van der Waals surface area (Å²) >= 11 is 11.7. The molecule has 0 aliphatic rings. The molecule has 1 aromatic heterocycles. The summed E-state index contributed by atoms with van der Waals surface area (Å²) in [6, 6.07) is 4.97. The van der Waals surface area contributed by atoms with E-state index in [0.29, 0.717) is 21.4 Å². The van der Waals surface area contributed by atoms with E-state index >= 15 is 0 Å². The van der Waals surface area contributed by atoms with Gasteiger partial charge in [0.1, 0.15) is 11.9 Å². The number of aryl methyl sites for hydroxylation is 1. The lowest BCUT2D eigenvalue weighted by Gasteiger charge is -2.11. The summed E-state index contributed by atoms with van der Waals surface area (Å²) in [4.78, 5) is 4.08. The lowest BCUT2D eigenvalue weighted by Crippen LogP contribution is -2.06. The Hall–Kier alpha value is -1.03. The SMILES string of the molecule is Cn1ccnc1C(O)c1cc(Cl)cc(Cl)c1. The number of aliphatic hydroxyl groups is 1. The molecule has 2 rings (SSSR count). The van der Waals surface area contributed by atoms with Crippen LogP contribution in [0, 0.1) is 0 Å². The topological polar surface area (TPSA) is 38.0 Å². The number of hydrogen-bond acceptors (Lipinski definition) is 2. The molecule has 1 atom stereocenters. The molecule has 0 amide bonds. The summed E-state index contributed by atoms with van der Waals surface area (Å²) in [5, 5.41) is 11.1. The van der Waals surface area contributed by atoms with E-state index in [-0.39, 0.29) is 0 Å². The number of imidazole rings is 1. The Morgan fingerprint density at radius 1 is 1.25 bits per heavy atom. The summed E-state index contributed by atoms with van der Waals surface area (Å²) in [5.41, 5.74) is 0.631. The van der Waals surface area contributed by atoms with Crippen LogP contribution in [0.1, 0.15) is 17.5 Å². The van der Waals surface area contributed by atoms with Crippen LogP contribution in [0.4, 0.5) is 0 Å². The molecule has 0 bridgehead atoms. The molecule has 0 aliphatic heterocycles. The van der Waals surface area contributed by atoms with Crippen LogP contribution in [0.3, 0.4) is 0 Å². The zero-order valence-corrected chi connectivity index (χ0v) is 10.1. The lowest BCUT2D eigenvalue weighted by atomic mass is 10.1. The van der Waals surface area contributed by atoms with Crippen molar-refractivity contribution >= 4 is 23.2 Å². The van der Waals surface area contributed by atoms with Crippen molar-refractivity contribution in [3.05, 3.63) is 52.0 Å². The third kappa shape index (κ3) is 2.21. The third-order valence-electron chi connectivity index (χ3n) is 2.30. The van der Waals surface area contributed by atoms with Crippen molar-refractivity contribution in [2.45, 2.75) is 6.10 Å². The summed E-state index contributed by atoms with van der Waals surface area (Å²) in [6.07, 6.45) is 2.58. The molecule has 5 heteroatoms. The molecular weight excluding hydrogens is 247 g/mol. The number of hydrogen-bond donors (Lipinski definition) is 1. The first kappa shape index (κ1) is 11.5. The second-order valence-electron chi connectivity index (χ2n) is 3.50. The Morgan fingerprint density at radius 3 is 2.38 bits per heavy atom. The van der Waals surface area contributed by atoms with Crippen LogP contribution in [-0.4, -0.2) is 14.7 Å². The quantitative estimate of drug-likeness (QED) is 0.898. The Labute approximate surface area is 103 Å². The number of aliphatic hydroxyl groups excluding tert-OH is 1. The Bertz CT molecular complexity index is 490. The average Bonchev–Trinajstić information content (AvgIpc) is 2.62. The molecule has 0 spiro atoms. The molecule has 0 saturated heterocycles. The second-order valence-corrected chi connectivity index (χ2v) is 4.37. The number of halogens is 2. The van der Waals surface area contributed by atoms with Gasteiger partial charge in [-0.15, -0.1) is 0 Å². The maximum absolute atomic E-state index is 10.1. The van der Waals surface area contributed by atoms with E-state index in [0.717, 1.165) is 0 Å². The van der Waals surface area contributed by atoms with Crippen molar-refractivity contribution < 1.29 is 5.11 Å². The van der Waals surface area contributed by atoms with E-state index in [2.05, 4.69) is 4.98 Å². The average molecular weight is 257 g/mol. The number of benzene rings is 1. The van der Waals surface area contributed by atoms with Crippen LogP contribution in [-0.2, 0) is 7.05 Å². The van der Waals surface area contributed by atoms with Crippen molar-refractivity contribution in [3.8, 4) is 0 Å². The van der Waals surface area contributed by atoms with E-state index in [1.54, 1.807) is 35.2 Å². The monoisotopic (exact) mass is 256 g/mol. The van der Waals surface area contributed by atoms with Gasteiger partial charge in [0.05, 0.1) is 0 Å². The van der Waals surface area contributed by atoms with Crippen molar-refractivity contribution in [1.82, 2.24) is 9.55 Å². The van der Waals surface area contributed by atoms with Gasteiger partial charge in [-0.05, 0) is 23.8 Å². The smallest absolute Gasteiger partial charge is 0.142 e. The molecule has 16 heavy (non-hydrogen) atoms. The van der Waals surface area contributed by atoms with Crippen LogP contribution in [0.15, 0.2) is 30.6 Å². The summed E-state index contributed by atoms with van der Waals surface area (Å²) < 4.78 is 1.75. The highest BCUT2D eigenvalue weighted by molar-refractivity contribution is 6.34. The highest BCUT2D eigenvalue weighted by Crippen LogP contribution is 2.26. The molecule has 0 fully saturated rings. The minimum atomic E-state index is -0.823. The fourth-order valence-electron chi connectivity index (χ4n) is 1.52. The van der Waals surface area contributed by atoms with Crippen LogP contribution >= 0.6 is 23.2 Å². The molecule has 1 heterocycles. The van der Waals surface area contributed by atoms with Gasteiger partial charge >= 0.3 is 0 Å². The van der Waals surface area contributed by atoms with E-state index in [1.165, 1.54) is 0 Å². The van der Waals surface area contributed by atoms with Crippen molar-refractivity contribution in [1.29, 1.82) is 0 Å². The predicted molar refractivity (Wildman–Crippen MR) is 63.7 cm³/mol. The summed E-state index contributed by atoms with van der Waals surface area (Å²) in [6.45, 7) is 0. The van der Waals surface area contributed by atoms with Crippen LogP contribution in [0.5, 0.6) is 0 Å². The van der Waals surface area contributed by atoms with Gasteiger partial charge in [-0.3, -0.25) is 0 Å². The molecular formula is C11H10Cl2N2O. The zero-order valence-electron chi connectivity index (χ0n) is 8.56. The second kappa shape index (κ2) is 4.45. The molecule has 0 saturated carbocycles. The maximum Gasteiger partial charge on any atom is 0.142 e. The molecule has 0 radical (unpaired) electrons. The van der Waals surface area contributed by atoms with E-state index in [9.17, 15) is 5.11 Å². The van der Waals surface area contributed by atoms with Crippen molar-refractivity contribution in [3.63, 3.8) is 0 Å². The lowest BCUT2D eigenvalue weighted by molar-refractivity contribution is 0.206. The van der Waals surface area contributed by atoms with Gasteiger partial charge in [-0.1, -0.05) is 23.2 Å². The fourth-order valence-corrected chi connectivity index (χ4v) is 2.07. The molecule has 1 unspecified atom stereocenters. The summed E-state index contributed by atoms with van der Waals surface area (Å²) in [5.74, 6) is 0.554. The van der Waals surface area contributed by atoms with Crippen molar-refractivity contribution in [2.24, 2.45) is 7.05 Å². The number of nitrogens with zero attached hydrogens (tertiary/aromatic N) is 2. The van der Waals surface area contributed by atoms with E-state index < -0.39 is 6.10 Å². The maximum atomic E-state index is 10.1. The van der Waals surface area contributed by atoms with Gasteiger partial charge < -0.3 is 9.67 Å². The summed E-state index contributed by atoms with van der Waals surface area (Å²) in [7, 11) is 1.82. The van der Waals surface area contributed by atoms with Crippen LogP contribution in [0.2, 0.25) is 10.0 Å². The van der Waals surface area contributed by atoms with Gasteiger partial charge in [0.25, 0.3) is 0 Å². The van der Waals surface area contributed by atoms with E-state index in [1.807, 2.05) is 7.05 Å². The minimum absolute atomic E-state index is 0.496. The van der Waals surface area contributed by atoms with Gasteiger partial charge in [0.2, 0.25) is 0 Å². The minimum Gasteiger partial charge on any atom is -0.380 e. The zero-order chi connectivity index (χ0) is 11.7. The first-order chi connectivity index (χ1) is 7.58. The Balaban J connectivity index is 2.41. The van der Waals surface area contributed by atoms with Gasteiger partial charge in [-0.25, -0.2) is 4.98 Å². The predicted octanol–water partition coefficient (Wildman–Crippen LogP) is 2.81. The fraction of sp³-hybridized carbons (Fsp3) is 0.182. The van der Waals surface area contributed by atoms with Gasteiger partial charge in [-0.2, -0.15) is 0 Å². The first-order valence-electron chi connectivity index (χ1n) is 4.69. The van der Waals surface area contributed by atoms with Gasteiger partial charge in [0, 0.05) is 29.5 Å². The molecule has 1 N–H and O–H groups in total. The number of rotatable bonds is 2. The Morgan fingerprint density at radius 2 is 1.88 bits per heavy atom. The van der Waals surface area contributed by atoms with Gasteiger partial charge in [0.15, 0.2) is 0 Å². The first-order valence-corrected chi connectivity index (χ1v) is 5.45. The van der Waals surface area contributed by atoms with Crippen molar-refractivity contribution in [2.75, 3.05) is 0 Å². The highest BCUT2D eigenvalue weighted by atomic mass is 35.5.